The first-order valence-corrected chi connectivity index (χ1v) is 10.3. The molecule has 0 fully saturated rings. The van der Waals surface area contributed by atoms with Gasteiger partial charge >= 0.3 is 6.09 Å². The number of anilines is 1. The standard InChI is InChI=1S/C15H23N3O2Si/c1-15(2,3)20-14(19)18(4)13-11-16-12(10-17-13)8-9-21(5,6)7/h10-11H,1-7H3. The van der Waals surface area contributed by atoms with Gasteiger partial charge in [-0.15, -0.1) is 5.54 Å². The Kier molecular flexibility index (Phi) is 5.13. The first kappa shape index (κ1) is 17.2. The third kappa shape index (κ3) is 6.41. The van der Waals surface area contributed by atoms with Crippen LogP contribution >= 0.6 is 0 Å². The number of carbonyl (C=O) groups excluding carboxylic acids is 1. The highest BCUT2D eigenvalue weighted by Crippen LogP contribution is 2.13. The van der Waals surface area contributed by atoms with Crippen molar-refractivity contribution in [2.24, 2.45) is 0 Å². The molecule has 0 saturated carbocycles. The lowest BCUT2D eigenvalue weighted by molar-refractivity contribution is 0.0588. The molecule has 5 nitrogen and oxygen atoms in total. The molecule has 114 valence electrons. The van der Waals surface area contributed by atoms with Gasteiger partial charge in [0, 0.05) is 7.05 Å². The summed E-state index contributed by atoms with van der Waals surface area (Å²) in [5, 5.41) is 0. The van der Waals surface area contributed by atoms with Crippen LogP contribution in [0.15, 0.2) is 12.4 Å². The molecular weight excluding hydrogens is 282 g/mol. The second-order valence-electron chi connectivity index (χ2n) is 6.80. The smallest absolute Gasteiger partial charge is 0.415 e. The lowest BCUT2D eigenvalue weighted by atomic mass is 10.2. The van der Waals surface area contributed by atoms with Gasteiger partial charge in [0.15, 0.2) is 5.82 Å². The summed E-state index contributed by atoms with van der Waals surface area (Å²) in [6.45, 7) is 12.0. The molecule has 1 amide bonds. The van der Waals surface area contributed by atoms with Crippen molar-refractivity contribution in [1.82, 2.24) is 9.97 Å². The summed E-state index contributed by atoms with van der Waals surface area (Å²) in [5.41, 5.74) is 3.29. The molecule has 1 rings (SSSR count). The van der Waals surface area contributed by atoms with E-state index in [1.807, 2.05) is 20.8 Å². The van der Waals surface area contributed by atoms with Crippen molar-refractivity contribution in [3.8, 4) is 11.5 Å². The maximum atomic E-state index is 11.9. The summed E-state index contributed by atoms with van der Waals surface area (Å²) < 4.78 is 5.27. The maximum Gasteiger partial charge on any atom is 0.415 e. The normalized spacial score (nSPS) is 11.4. The fourth-order valence-electron chi connectivity index (χ4n) is 1.23. The van der Waals surface area contributed by atoms with E-state index in [1.54, 1.807) is 13.2 Å². The van der Waals surface area contributed by atoms with E-state index < -0.39 is 19.8 Å². The molecule has 1 heterocycles. The molecule has 0 spiro atoms. The van der Waals surface area contributed by atoms with E-state index in [0.29, 0.717) is 11.5 Å². The van der Waals surface area contributed by atoms with Crippen LogP contribution in [-0.2, 0) is 4.74 Å². The first-order valence-electron chi connectivity index (χ1n) is 6.80. The highest BCUT2D eigenvalue weighted by Gasteiger charge is 2.21. The number of hydrogen-bond donors (Lipinski definition) is 0. The van der Waals surface area contributed by atoms with Crippen molar-refractivity contribution in [2.45, 2.75) is 46.0 Å². The summed E-state index contributed by atoms with van der Waals surface area (Å²) in [7, 11) is 0.169. The van der Waals surface area contributed by atoms with E-state index in [1.165, 1.54) is 11.1 Å². The number of amides is 1. The Bertz CT molecular complexity index is 560. The Morgan fingerprint density at radius 1 is 1.24 bits per heavy atom. The third-order valence-corrected chi connectivity index (χ3v) is 3.09. The van der Waals surface area contributed by atoms with Crippen LogP contribution in [0.1, 0.15) is 26.5 Å². The molecule has 0 bridgehead atoms. The van der Waals surface area contributed by atoms with Crippen LogP contribution in [0.2, 0.25) is 19.6 Å². The van der Waals surface area contributed by atoms with E-state index in [9.17, 15) is 4.79 Å². The predicted molar refractivity (Wildman–Crippen MR) is 86.9 cm³/mol. The second-order valence-corrected chi connectivity index (χ2v) is 11.5. The van der Waals surface area contributed by atoms with Crippen molar-refractivity contribution in [3.63, 3.8) is 0 Å². The first-order chi connectivity index (χ1) is 9.48. The molecule has 21 heavy (non-hydrogen) atoms. The Morgan fingerprint density at radius 2 is 1.86 bits per heavy atom. The quantitative estimate of drug-likeness (QED) is 0.591. The Morgan fingerprint density at radius 3 is 2.29 bits per heavy atom. The van der Waals surface area contributed by atoms with Crippen molar-refractivity contribution in [2.75, 3.05) is 11.9 Å². The lowest BCUT2D eigenvalue weighted by Gasteiger charge is -2.23. The topological polar surface area (TPSA) is 55.3 Å². The van der Waals surface area contributed by atoms with Crippen LogP contribution in [0.3, 0.4) is 0 Å². The molecule has 0 N–H and O–H groups in total. The third-order valence-electron chi connectivity index (χ3n) is 2.21. The number of nitrogens with zero attached hydrogens (tertiary/aromatic N) is 3. The van der Waals surface area contributed by atoms with Gasteiger partial charge in [0.2, 0.25) is 0 Å². The molecule has 0 atom stereocenters. The van der Waals surface area contributed by atoms with Crippen molar-refractivity contribution in [3.05, 3.63) is 18.1 Å². The largest absolute Gasteiger partial charge is 0.443 e. The number of rotatable bonds is 1. The lowest BCUT2D eigenvalue weighted by Crippen LogP contribution is -2.34. The van der Waals surface area contributed by atoms with E-state index in [0.717, 1.165) is 0 Å². The van der Waals surface area contributed by atoms with Crippen molar-refractivity contribution in [1.29, 1.82) is 0 Å². The van der Waals surface area contributed by atoms with E-state index in [-0.39, 0.29) is 0 Å². The minimum atomic E-state index is -1.43. The highest BCUT2D eigenvalue weighted by atomic mass is 28.3. The molecule has 0 aliphatic rings. The summed E-state index contributed by atoms with van der Waals surface area (Å²) in [4.78, 5) is 21.7. The van der Waals surface area contributed by atoms with Crippen LogP contribution in [-0.4, -0.2) is 36.8 Å². The van der Waals surface area contributed by atoms with Gasteiger partial charge < -0.3 is 4.74 Å². The molecule has 0 saturated heterocycles. The van der Waals surface area contributed by atoms with Crippen LogP contribution < -0.4 is 4.90 Å². The molecule has 0 radical (unpaired) electrons. The monoisotopic (exact) mass is 305 g/mol. The fraction of sp³-hybridized carbons (Fsp3) is 0.533. The number of ether oxygens (including phenoxy) is 1. The summed E-state index contributed by atoms with van der Waals surface area (Å²) >= 11 is 0. The molecule has 1 aromatic rings. The van der Waals surface area contributed by atoms with Crippen LogP contribution in [0, 0.1) is 11.5 Å². The molecule has 6 heteroatoms. The zero-order valence-electron chi connectivity index (χ0n) is 13.8. The molecule has 0 aliphatic carbocycles. The number of aromatic nitrogens is 2. The summed E-state index contributed by atoms with van der Waals surface area (Å²) in [6.07, 6.45) is 2.64. The van der Waals surface area contributed by atoms with E-state index in [2.05, 4.69) is 41.1 Å². The highest BCUT2D eigenvalue weighted by molar-refractivity contribution is 6.83. The molecule has 0 aromatic carbocycles. The van der Waals surface area contributed by atoms with Crippen molar-refractivity contribution < 1.29 is 9.53 Å². The molecular formula is C15H23N3O2Si. The predicted octanol–water partition coefficient (Wildman–Crippen LogP) is 3.08. The van der Waals surface area contributed by atoms with Crippen LogP contribution in [0.4, 0.5) is 10.6 Å². The van der Waals surface area contributed by atoms with Gasteiger partial charge in [0.25, 0.3) is 0 Å². The zero-order chi connectivity index (χ0) is 16.3. The van der Waals surface area contributed by atoms with Gasteiger partial charge in [-0.25, -0.2) is 14.8 Å². The van der Waals surface area contributed by atoms with Gasteiger partial charge in [-0.1, -0.05) is 25.6 Å². The van der Waals surface area contributed by atoms with E-state index in [4.69, 9.17) is 4.74 Å². The van der Waals surface area contributed by atoms with E-state index >= 15 is 0 Å². The second kappa shape index (κ2) is 6.27. The van der Waals surface area contributed by atoms with Gasteiger partial charge in [0.05, 0.1) is 12.4 Å². The number of carbonyl (C=O) groups is 1. The fourth-order valence-corrected chi connectivity index (χ4v) is 1.74. The summed E-state index contributed by atoms with van der Waals surface area (Å²) in [5.74, 6) is 3.45. The van der Waals surface area contributed by atoms with Gasteiger partial charge in [-0.05, 0) is 20.8 Å². The molecule has 0 unspecified atom stereocenters. The van der Waals surface area contributed by atoms with Crippen LogP contribution in [0.25, 0.3) is 0 Å². The van der Waals surface area contributed by atoms with Crippen LogP contribution in [0.5, 0.6) is 0 Å². The van der Waals surface area contributed by atoms with Crippen molar-refractivity contribution >= 4 is 20.0 Å². The average molecular weight is 305 g/mol. The molecule has 0 aliphatic heterocycles. The minimum Gasteiger partial charge on any atom is -0.443 e. The molecule has 1 aromatic heterocycles. The van der Waals surface area contributed by atoms with Gasteiger partial charge in [-0.2, -0.15) is 0 Å². The van der Waals surface area contributed by atoms with Gasteiger partial charge in [0.1, 0.15) is 19.4 Å². The zero-order valence-corrected chi connectivity index (χ0v) is 14.8. The Hall–Kier alpha value is -1.87. The Labute approximate surface area is 127 Å². The SMILES string of the molecule is CN(C(=O)OC(C)(C)C)c1cnc(C#C[Si](C)(C)C)cn1. The Balaban J connectivity index is 2.82. The average Bonchev–Trinajstić information content (AvgIpc) is 2.33. The number of hydrogen-bond acceptors (Lipinski definition) is 4. The minimum absolute atomic E-state index is 0.433. The maximum absolute atomic E-state index is 11.9. The summed E-state index contributed by atoms with van der Waals surface area (Å²) in [6, 6.07) is 0. The van der Waals surface area contributed by atoms with Gasteiger partial charge in [-0.3, -0.25) is 4.90 Å².